The normalized spacial score (nSPS) is 12.3. The van der Waals surface area contributed by atoms with Crippen LogP contribution in [0.4, 0.5) is 0 Å². The fourth-order valence-electron chi connectivity index (χ4n) is 2.67. The standard InChI is InChI=1S/C19H20N2O3/c1-13(15-9-8-14-6-4-5-7-16(14)10-15)21(2)19(22)18-11-17(12-23-3)24-20-18/h4-11,13H,12H2,1-3H3/t13-/m1/s1. The van der Waals surface area contributed by atoms with Crippen LogP contribution in [0.3, 0.4) is 0 Å². The smallest absolute Gasteiger partial charge is 0.276 e. The lowest BCUT2D eigenvalue weighted by Crippen LogP contribution is -2.29. The molecule has 0 radical (unpaired) electrons. The van der Waals surface area contributed by atoms with Crippen molar-refractivity contribution in [2.45, 2.75) is 19.6 Å². The monoisotopic (exact) mass is 324 g/mol. The summed E-state index contributed by atoms with van der Waals surface area (Å²) in [6.07, 6.45) is 0. The van der Waals surface area contributed by atoms with Gasteiger partial charge in [0.15, 0.2) is 11.5 Å². The Kier molecular flexibility index (Phi) is 4.62. The van der Waals surface area contributed by atoms with Gasteiger partial charge < -0.3 is 14.2 Å². The lowest BCUT2D eigenvalue weighted by atomic mass is 10.0. The van der Waals surface area contributed by atoms with Crippen LogP contribution in [0.1, 0.15) is 34.8 Å². The summed E-state index contributed by atoms with van der Waals surface area (Å²) < 4.78 is 10.1. The number of ether oxygens (including phenoxy) is 1. The molecule has 124 valence electrons. The highest BCUT2D eigenvalue weighted by atomic mass is 16.5. The van der Waals surface area contributed by atoms with Crippen molar-refractivity contribution in [2.75, 3.05) is 14.2 Å². The molecule has 0 saturated carbocycles. The average Bonchev–Trinajstić information content (AvgIpc) is 3.08. The van der Waals surface area contributed by atoms with E-state index in [0.29, 0.717) is 12.4 Å². The topological polar surface area (TPSA) is 55.6 Å². The van der Waals surface area contributed by atoms with Crippen molar-refractivity contribution in [3.63, 3.8) is 0 Å². The second kappa shape index (κ2) is 6.84. The Hall–Kier alpha value is -2.66. The zero-order valence-corrected chi connectivity index (χ0v) is 14.0. The largest absolute Gasteiger partial charge is 0.377 e. The zero-order chi connectivity index (χ0) is 17.1. The van der Waals surface area contributed by atoms with Crippen molar-refractivity contribution in [1.29, 1.82) is 0 Å². The predicted molar refractivity (Wildman–Crippen MR) is 91.7 cm³/mol. The Labute approximate surface area is 140 Å². The van der Waals surface area contributed by atoms with Gasteiger partial charge >= 0.3 is 0 Å². The molecule has 0 aliphatic rings. The molecule has 1 aromatic heterocycles. The van der Waals surface area contributed by atoms with E-state index in [-0.39, 0.29) is 17.6 Å². The molecule has 24 heavy (non-hydrogen) atoms. The molecule has 5 heteroatoms. The number of carbonyl (C=O) groups excluding carboxylic acids is 1. The molecule has 0 aliphatic heterocycles. The minimum absolute atomic E-state index is 0.0790. The maximum Gasteiger partial charge on any atom is 0.276 e. The number of hydrogen-bond acceptors (Lipinski definition) is 4. The molecule has 0 N–H and O–H groups in total. The number of carbonyl (C=O) groups is 1. The van der Waals surface area contributed by atoms with Gasteiger partial charge in [-0.25, -0.2) is 0 Å². The Morgan fingerprint density at radius 1 is 1.21 bits per heavy atom. The number of rotatable bonds is 5. The van der Waals surface area contributed by atoms with E-state index >= 15 is 0 Å². The van der Waals surface area contributed by atoms with Crippen LogP contribution in [0.25, 0.3) is 10.8 Å². The minimum atomic E-state index is -0.179. The number of amides is 1. The first-order chi connectivity index (χ1) is 11.6. The zero-order valence-electron chi connectivity index (χ0n) is 14.0. The fraction of sp³-hybridized carbons (Fsp3) is 0.263. The lowest BCUT2D eigenvalue weighted by molar-refractivity contribution is 0.0731. The number of methoxy groups -OCH3 is 1. The van der Waals surface area contributed by atoms with Crippen LogP contribution in [0.2, 0.25) is 0 Å². The first-order valence-electron chi connectivity index (χ1n) is 7.80. The van der Waals surface area contributed by atoms with Crippen molar-refractivity contribution in [2.24, 2.45) is 0 Å². The first kappa shape index (κ1) is 16.2. The van der Waals surface area contributed by atoms with Crippen LogP contribution >= 0.6 is 0 Å². The quantitative estimate of drug-likeness (QED) is 0.716. The molecule has 1 atom stereocenters. The first-order valence-corrected chi connectivity index (χ1v) is 7.80. The van der Waals surface area contributed by atoms with Crippen LogP contribution in [0, 0.1) is 0 Å². The number of nitrogens with zero attached hydrogens (tertiary/aromatic N) is 2. The predicted octanol–water partition coefficient (Wildman–Crippen LogP) is 3.81. The van der Waals surface area contributed by atoms with Gasteiger partial charge in [-0.05, 0) is 29.3 Å². The van der Waals surface area contributed by atoms with Gasteiger partial charge in [0.25, 0.3) is 5.91 Å². The van der Waals surface area contributed by atoms with Crippen molar-refractivity contribution in [3.05, 3.63) is 65.5 Å². The van der Waals surface area contributed by atoms with E-state index in [1.165, 1.54) is 5.39 Å². The van der Waals surface area contributed by atoms with Gasteiger partial charge in [-0.3, -0.25) is 4.79 Å². The number of hydrogen-bond donors (Lipinski definition) is 0. The molecule has 0 spiro atoms. The molecule has 3 aromatic rings. The van der Waals surface area contributed by atoms with E-state index in [4.69, 9.17) is 9.26 Å². The molecule has 1 heterocycles. The maximum atomic E-state index is 12.6. The molecule has 0 aliphatic carbocycles. The van der Waals surface area contributed by atoms with Gasteiger partial charge in [-0.1, -0.05) is 41.6 Å². The Morgan fingerprint density at radius 3 is 2.71 bits per heavy atom. The number of aromatic nitrogens is 1. The molecule has 1 amide bonds. The third-order valence-corrected chi connectivity index (χ3v) is 4.22. The number of benzene rings is 2. The average molecular weight is 324 g/mol. The molecule has 0 bridgehead atoms. The van der Waals surface area contributed by atoms with E-state index in [0.717, 1.165) is 10.9 Å². The highest BCUT2D eigenvalue weighted by molar-refractivity contribution is 5.92. The third kappa shape index (κ3) is 3.16. The van der Waals surface area contributed by atoms with Crippen LogP contribution < -0.4 is 0 Å². The van der Waals surface area contributed by atoms with Crippen molar-refractivity contribution in [3.8, 4) is 0 Å². The Bertz CT molecular complexity index is 856. The van der Waals surface area contributed by atoms with E-state index in [9.17, 15) is 4.79 Å². The van der Waals surface area contributed by atoms with Gasteiger partial charge in [-0.2, -0.15) is 0 Å². The SMILES string of the molecule is COCc1cc(C(=O)N(C)[C@H](C)c2ccc3ccccc3c2)no1. The summed E-state index contributed by atoms with van der Waals surface area (Å²) >= 11 is 0. The Balaban J connectivity index is 1.81. The molecule has 0 fully saturated rings. The van der Waals surface area contributed by atoms with Gasteiger partial charge in [0.1, 0.15) is 6.61 Å². The van der Waals surface area contributed by atoms with Crippen LogP contribution in [0.15, 0.2) is 53.1 Å². The molecular weight excluding hydrogens is 304 g/mol. The summed E-state index contributed by atoms with van der Waals surface area (Å²) in [5.41, 5.74) is 1.36. The summed E-state index contributed by atoms with van der Waals surface area (Å²) in [7, 11) is 3.34. The molecule has 0 saturated heterocycles. The van der Waals surface area contributed by atoms with Crippen molar-refractivity contribution < 1.29 is 14.1 Å². The summed E-state index contributed by atoms with van der Waals surface area (Å²) in [6.45, 7) is 2.29. The lowest BCUT2D eigenvalue weighted by Gasteiger charge is -2.24. The van der Waals surface area contributed by atoms with E-state index < -0.39 is 0 Å². The molecule has 5 nitrogen and oxygen atoms in total. The van der Waals surface area contributed by atoms with Gasteiger partial charge in [-0.15, -0.1) is 0 Å². The highest BCUT2D eigenvalue weighted by Crippen LogP contribution is 2.24. The summed E-state index contributed by atoms with van der Waals surface area (Å²) in [5.74, 6) is 0.356. The highest BCUT2D eigenvalue weighted by Gasteiger charge is 2.22. The van der Waals surface area contributed by atoms with Crippen LogP contribution in [-0.4, -0.2) is 30.1 Å². The molecule has 0 unspecified atom stereocenters. The maximum absolute atomic E-state index is 12.6. The second-order valence-electron chi connectivity index (χ2n) is 5.81. The molecular formula is C19H20N2O3. The van der Waals surface area contributed by atoms with Gasteiger partial charge in [0.05, 0.1) is 6.04 Å². The van der Waals surface area contributed by atoms with Crippen molar-refractivity contribution in [1.82, 2.24) is 10.1 Å². The third-order valence-electron chi connectivity index (χ3n) is 4.22. The second-order valence-corrected chi connectivity index (χ2v) is 5.81. The van der Waals surface area contributed by atoms with Crippen LogP contribution in [0.5, 0.6) is 0 Å². The summed E-state index contributed by atoms with van der Waals surface area (Å²) in [5, 5.41) is 6.18. The minimum Gasteiger partial charge on any atom is -0.377 e. The fourth-order valence-corrected chi connectivity index (χ4v) is 2.67. The summed E-state index contributed by atoms with van der Waals surface area (Å²) in [6, 6.07) is 16.0. The van der Waals surface area contributed by atoms with Gasteiger partial charge in [0.2, 0.25) is 0 Å². The molecule has 2 aromatic carbocycles. The van der Waals surface area contributed by atoms with E-state index in [2.05, 4.69) is 35.5 Å². The Morgan fingerprint density at radius 2 is 1.96 bits per heavy atom. The molecule has 3 rings (SSSR count). The summed E-state index contributed by atoms with van der Waals surface area (Å²) in [4.78, 5) is 14.3. The number of fused-ring (bicyclic) bond motifs is 1. The van der Waals surface area contributed by atoms with Crippen molar-refractivity contribution >= 4 is 16.7 Å². The van der Waals surface area contributed by atoms with Gasteiger partial charge in [0, 0.05) is 20.2 Å². The van der Waals surface area contributed by atoms with E-state index in [1.54, 1.807) is 25.1 Å². The van der Waals surface area contributed by atoms with Crippen LogP contribution in [-0.2, 0) is 11.3 Å². The van der Waals surface area contributed by atoms with E-state index in [1.807, 2.05) is 19.1 Å².